The van der Waals surface area contributed by atoms with Crippen LogP contribution in [0.5, 0.6) is 0 Å². The predicted molar refractivity (Wildman–Crippen MR) is 57.7 cm³/mol. The summed E-state index contributed by atoms with van der Waals surface area (Å²) in [4.78, 5) is 21.9. The third-order valence-electron chi connectivity index (χ3n) is 2.87. The summed E-state index contributed by atoms with van der Waals surface area (Å²) in [6, 6.07) is 0. The molecule has 5 nitrogen and oxygen atoms in total. The van der Waals surface area contributed by atoms with E-state index in [9.17, 15) is 22.8 Å². The van der Waals surface area contributed by atoms with Crippen LogP contribution in [0.1, 0.15) is 19.8 Å². The molecule has 0 aliphatic carbocycles. The van der Waals surface area contributed by atoms with Crippen molar-refractivity contribution in [1.29, 1.82) is 0 Å². The lowest BCUT2D eigenvalue weighted by Gasteiger charge is -2.38. The van der Waals surface area contributed by atoms with Gasteiger partial charge in [0.15, 0.2) is 0 Å². The zero-order valence-corrected chi connectivity index (χ0v) is 9.99. The Labute approximate surface area is 102 Å². The molecule has 8 heteroatoms. The molecule has 3 N–H and O–H groups in total. The van der Waals surface area contributed by atoms with E-state index in [1.54, 1.807) is 0 Å². The van der Waals surface area contributed by atoms with Crippen LogP contribution < -0.4 is 16.0 Å². The van der Waals surface area contributed by atoms with Crippen molar-refractivity contribution in [3.63, 3.8) is 0 Å². The molecular weight excluding hydrogens is 251 g/mol. The quantitative estimate of drug-likeness (QED) is 0.670. The zero-order valence-electron chi connectivity index (χ0n) is 9.99. The number of carbonyl (C=O) groups excluding carboxylic acids is 2. The Morgan fingerprint density at radius 2 is 1.83 bits per heavy atom. The van der Waals surface area contributed by atoms with Gasteiger partial charge in [-0.25, -0.2) is 0 Å². The molecule has 0 aromatic carbocycles. The summed E-state index contributed by atoms with van der Waals surface area (Å²) in [5.41, 5.74) is -1.02. The lowest BCUT2D eigenvalue weighted by molar-refractivity contribution is -0.176. The van der Waals surface area contributed by atoms with Gasteiger partial charge in [0.1, 0.15) is 0 Å². The van der Waals surface area contributed by atoms with Gasteiger partial charge in [-0.3, -0.25) is 9.59 Å². The molecular formula is C10H16F3N3O2. The maximum Gasteiger partial charge on any atom is 0.471 e. The average Bonchev–Trinajstić information content (AvgIpc) is 2.26. The summed E-state index contributed by atoms with van der Waals surface area (Å²) >= 11 is 0. The van der Waals surface area contributed by atoms with Gasteiger partial charge < -0.3 is 16.0 Å². The number of carbonyl (C=O) groups is 2. The first-order chi connectivity index (χ1) is 8.25. The fourth-order valence-corrected chi connectivity index (χ4v) is 1.86. The molecule has 0 radical (unpaired) electrons. The molecule has 1 saturated heterocycles. The average molecular weight is 267 g/mol. The predicted octanol–water partition coefficient (Wildman–Crippen LogP) is -0.0768. The highest BCUT2D eigenvalue weighted by atomic mass is 19.4. The number of alkyl halides is 3. The molecule has 1 heterocycles. The Balaban J connectivity index is 2.71. The summed E-state index contributed by atoms with van der Waals surface area (Å²) < 4.78 is 36.8. The van der Waals surface area contributed by atoms with Gasteiger partial charge in [0.2, 0.25) is 5.91 Å². The molecule has 0 saturated carbocycles. The fourth-order valence-electron chi connectivity index (χ4n) is 1.86. The van der Waals surface area contributed by atoms with E-state index in [-0.39, 0.29) is 12.5 Å². The van der Waals surface area contributed by atoms with Crippen LogP contribution in [0.4, 0.5) is 13.2 Å². The van der Waals surface area contributed by atoms with E-state index in [4.69, 9.17) is 0 Å². The second-order valence-corrected chi connectivity index (χ2v) is 4.39. The lowest BCUT2D eigenvalue weighted by Crippen LogP contribution is -2.62. The summed E-state index contributed by atoms with van der Waals surface area (Å²) in [6.07, 6.45) is -4.22. The van der Waals surface area contributed by atoms with Crippen LogP contribution in [-0.4, -0.2) is 43.2 Å². The van der Waals surface area contributed by atoms with Gasteiger partial charge in [-0.15, -0.1) is 0 Å². The minimum absolute atomic E-state index is 0.00579. The third-order valence-corrected chi connectivity index (χ3v) is 2.87. The number of amides is 2. The van der Waals surface area contributed by atoms with Crippen molar-refractivity contribution >= 4 is 11.8 Å². The first-order valence-electron chi connectivity index (χ1n) is 5.60. The van der Waals surface area contributed by atoms with E-state index < -0.39 is 17.6 Å². The van der Waals surface area contributed by atoms with E-state index in [2.05, 4.69) is 10.6 Å². The molecule has 1 aliphatic heterocycles. The van der Waals surface area contributed by atoms with E-state index in [0.717, 1.165) is 0 Å². The highest BCUT2D eigenvalue weighted by Gasteiger charge is 2.44. The molecule has 104 valence electrons. The molecule has 0 aromatic rings. The van der Waals surface area contributed by atoms with Gasteiger partial charge in [-0.1, -0.05) is 0 Å². The minimum atomic E-state index is -4.91. The van der Waals surface area contributed by atoms with Gasteiger partial charge in [-0.05, 0) is 25.9 Å². The van der Waals surface area contributed by atoms with Crippen LogP contribution in [0, 0.1) is 0 Å². The van der Waals surface area contributed by atoms with Crippen LogP contribution in [0.2, 0.25) is 0 Å². The molecule has 1 fully saturated rings. The second kappa shape index (κ2) is 5.55. The molecule has 1 rings (SSSR count). The van der Waals surface area contributed by atoms with Crippen molar-refractivity contribution in [3.05, 3.63) is 0 Å². The lowest BCUT2D eigenvalue weighted by atomic mass is 9.88. The fraction of sp³-hybridized carbons (Fsp3) is 0.800. The van der Waals surface area contributed by atoms with E-state index in [1.807, 2.05) is 5.32 Å². The summed E-state index contributed by atoms with van der Waals surface area (Å²) in [7, 11) is 0. The minimum Gasteiger partial charge on any atom is -0.354 e. The Bertz CT molecular complexity index is 325. The zero-order chi connectivity index (χ0) is 13.8. The first kappa shape index (κ1) is 14.7. The van der Waals surface area contributed by atoms with E-state index in [1.165, 1.54) is 6.92 Å². The number of nitrogens with one attached hydrogen (secondary N) is 3. The Kier molecular flexibility index (Phi) is 4.55. The maximum absolute atomic E-state index is 12.3. The molecule has 18 heavy (non-hydrogen) atoms. The van der Waals surface area contributed by atoms with Crippen molar-refractivity contribution in [1.82, 2.24) is 16.0 Å². The summed E-state index contributed by atoms with van der Waals surface area (Å²) in [5.74, 6) is -2.30. The van der Waals surface area contributed by atoms with Crippen LogP contribution in [0.3, 0.4) is 0 Å². The highest BCUT2D eigenvalue weighted by molar-refractivity contribution is 5.82. The maximum atomic E-state index is 12.3. The molecule has 1 aliphatic rings. The van der Waals surface area contributed by atoms with Crippen LogP contribution >= 0.6 is 0 Å². The molecule has 2 amide bonds. The number of piperidine rings is 1. The largest absolute Gasteiger partial charge is 0.471 e. The van der Waals surface area contributed by atoms with Gasteiger partial charge in [0, 0.05) is 13.5 Å². The monoisotopic (exact) mass is 267 g/mol. The van der Waals surface area contributed by atoms with Gasteiger partial charge >= 0.3 is 12.1 Å². The number of hydrogen-bond acceptors (Lipinski definition) is 3. The van der Waals surface area contributed by atoms with E-state index >= 15 is 0 Å². The van der Waals surface area contributed by atoms with Crippen molar-refractivity contribution in [2.24, 2.45) is 0 Å². The summed E-state index contributed by atoms with van der Waals surface area (Å²) in [6.45, 7) is 2.28. The van der Waals surface area contributed by atoms with Crippen LogP contribution in [-0.2, 0) is 9.59 Å². The molecule has 0 unspecified atom stereocenters. The molecule has 0 spiro atoms. The van der Waals surface area contributed by atoms with Gasteiger partial charge in [0.05, 0.1) is 5.54 Å². The normalized spacial score (nSPS) is 19.1. The summed E-state index contributed by atoms with van der Waals surface area (Å²) in [5, 5.41) is 7.47. The number of hydrogen-bond donors (Lipinski definition) is 3. The topological polar surface area (TPSA) is 70.2 Å². The molecule has 0 bridgehead atoms. The highest BCUT2D eigenvalue weighted by Crippen LogP contribution is 2.22. The van der Waals surface area contributed by atoms with Gasteiger partial charge in [-0.2, -0.15) is 13.2 Å². The number of halogens is 3. The number of rotatable bonds is 3. The Morgan fingerprint density at radius 3 is 2.28 bits per heavy atom. The van der Waals surface area contributed by atoms with E-state index in [0.29, 0.717) is 25.9 Å². The Morgan fingerprint density at radius 1 is 1.28 bits per heavy atom. The molecule has 0 aromatic heterocycles. The second-order valence-electron chi connectivity index (χ2n) is 4.39. The molecule has 0 atom stereocenters. The van der Waals surface area contributed by atoms with Crippen LogP contribution in [0.25, 0.3) is 0 Å². The van der Waals surface area contributed by atoms with Crippen molar-refractivity contribution in [2.45, 2.75) is 31.5 Å². The van der Waals surface area contributed by atoms with Crippen LogP contribution in [0.15, 0.2) is 0 Å². The first-order valence-corrected chi connectivity index (χ1v) is 5.60. The standard InChI is InChI=1S/C10H16F3N3O2/c1-7(17)15-6-9(2-4-14-5-3-9)16-8(18)10(11,12)13/h14H,2-6H2,1H3,(H,15,17)(H,16,18). The Hall–Kier alpha value is -1.31. The smallest absolute Gasteiger partial charge is 0.354 e. The SMILES string of the molecule is CC(=O)NCC1(NC(=O)C(F)(F)F)CCNCC1. The van der Waals surface area contributed by atoms with Crippen molar-refractivity contribution in [3.8, 4) is 0 Å². The van der Waals surface area contributed by atoms with Crippen molar-refractivity contribution < 1.29 is 22.8 Å². The third kappa shape index (κ3) is 4.17. The van der Waals surface area contributed by atoms with Gasteiger partial charge in [0.25, 0.3) is 0 Å². The van der Waals surface area contributed by atoms with Crippen molar-refractivity contribution in [2.75, 3.05) is 19.6 Å².